The molecule has 1 unspecified atom stereocenters. The molecule has 2 aromatic carbocycles. The summed E-state index contributed by atoms with van der Waals surface area (Å²) in [5.74, 6) is 0.140. The van der Waals surface area contributed by atoms with Gasteiger partial charge in [0.25, 0.3) is 0 Å². The number of nitrogens with zero attached hydrogens (tertiary/aromatic N) is 2. The summed E-state index contributed by atoms with van der Waals surface area (Å²) in [6.45, 7) is 4.72. The maximum absolute atomic E-state index is 13.0. The van der Waals surface area contributed by atoms with E-state index in [0.29, 0.717) is 0 Å². The Labute approximate surface area is 179 Å². The van der Waals surface area contributed by atoms with Gasteiger partial charge in [-0.3, -0.25) is 14.7 Å². The van der Waals surface area contributed by atoms with E-state index in [1.165, 1.54) is 16.7 Å². The molecule has 3 aromatic rings. The third-order valence-electron chi connectivity index (χ3n) is 6.09. The summed E-state index contributed by atoms with van der Waals surface area (Å²) in [7, 11) is 1.75. The Hall–Kier alpha value is -2.98. The lowest BCUT2D eigenvalue weighted by Gasteiger charge is -2.28. The van der Waals surface area contributed by atoms with Gasteiger partial charge in [-0.25, -0.2) is 0 Å². The van der Waals surface area contributed by atoms with E-state index in [-0.39, 0.29) is 5.91 Å². The molecular weight excluding hydrogens is 370 g/mol. The predicted molar refractivity (Wildman–Crippen MR) is 121 cm³/mol. The summed E-state index contributed by atoms with van der Waals surface area (Å²) in [5.41, 5.74) is 5.62. The highest BCUT2D eigenvalue weighted by Crippen LogP contribution is 2.36. The number of benzene rings is 2. The topological polar surface area (TPSA) is 45.2 Å². The molecule has 1 N–H and O–H groups in total. The number of amides is 1. The zero-order valence-corrected chi connectivity index (χ0v) is 17.8. The van der Waals surface area contributed by atoms with Gasteiger partial charge in [0.2, 0.25) is 5.91 Å². The van der Waals surface area contributed by atoms with E-state index in [4.69, 9.17) is 0 Å². The van der Waals surface area contributed by atoms with E-state index in [1.54, 1.807) is 13.2 Å². The van der Waals surface area contributed by atoms with Crippen molar-refractivity contribution in [1.29, 1.82) is 0 Å². The van der Waals surface area contributed by atoms with E-state index in [0.717, 1.165) is 43.6 Å². The number of nitrogens with one attached hydrogen (secondary N) is 1. The molecule has 1 atom stereocenters. The predicted octanol–water partition coefficient (Wildman–Crippen LogP) is 4.24. The van der Waals surface area contributed by atoms with Crippen LogP contribution in [0, 0.1) is 12.3 Å². The molecule has 1 saturated heterocycles. The van der Waals surface area contributed by atoms with Crippen LogP contribution in [0.15, 0.2) is 73.1 Å². The first kappa shape index (κ1) is 20.3. The van der Waals surface area contributed by atoms with Crippen LogP contribution in [0.2, 0.25) is 0 Å². The van der Waals surface area contributed by atoms with Gasteiger partial charge in [0.15, 0.2) is 0 Å². The van der Waals surface area contributed by atoms with Crippen LogP contribution < -0.4 is 5.32 Å². The molecular formula is C26H29N3O. The second kappa shape index (κ2) is 8.80. The van der Waals surface area contributed by atoms with Crippen molar-refractivity contribution in [3.8, 4) is 11.1 Å². The summed E-state index contributed by atoms with van der Waals surface area (Å²) in [5, 5.41) is 2.93. The van der Waals surface area contributed by atoms with Crippen LogP contribution in [-0.2, 0) is 17.8 Å². The molecule has 154 valence electrons. The molecule has 0 spiro atoms. The van der Waals surface area contributed by atoms with Gasteiger partial charge in [0, 0.05) is 32.5 Å². The van der Waals surface area contributed by atoms with Crippen molar-refractivity contribution in [2.24, 2.45) is 5.41 Å². The fraction of sp³-hybridized carbons (Fsp3) is 0.308. The van der Waals surface area contributed by atoms with Gasteiger partial charge in [-0.1, -0.05) is 60.2 Å². The van der Waals surface area contributed by atoms with Crippen molar-refractivity contribution in [3.63, 3.8) is 0 Å². The average molecular weight is 400 g/mol. The molecule has 2 heterocycles. The molecule has 0 bridgehead atoms. The Morgan fingerprint density at radius 2 is 1.87 bits per heavy atom. The zero-order chi connectivity index (χ0) is 21.0. The molecule has 4 heteroatoms. The van der Waals surface area contributed by atoms with Crippen molar-refractivity contribution in [3.05, 3.63) is 89.7 Å². The lowest BCUT2D eigenvalue weighted by Crippen LogP contribution is -2.43. The van der Waals surface area contributed by atoms with Crippen LogP contribution in [-0.4, -0.2) is 35.9 Å². The number of rotatable bonds is 6. The first-order valence-corrected chi connectivity index (χ1v) is 10.6. The van der Waals surface area contributed by atoms with Crippen LogP contribution in [0.3, 0.4) is 0 Å². The number of likely N-dealkylation sites (tertiary alicyclic amines) is 1. The van der Waals surface area contributed by atoms with Gasteiger partial charge in [-0.15, -0.1) is 0 Å². The second-order valence-electron chi connectivity index (χ2n) is 8.43. The number of carbonyl (C=O) groups excluding carboxylic acids is 1. The second-order valence-corrected chi connectivity index (χ2v) is 8.43. The Bertz CT molecular complexity index is 1020. The first-order chi connectivity index (χ1) is 14.6. The maximum atomic E-state index is 13.0. The third-order valence-corrected chi connectivity index (χ3v) is 6.09. The highest BCUT2D eigenvalue weighted by molar-refractivity contribution is 5.83. The Morgan fingerprint density at radius 1 is 1.07 bits per heavy atom. The fourth-order valence-corrected chi connectivity index (χ4v) is 4.62. The van der Waals surface area contributed by atoms with Gasteiger partial charge in [0.05, 0.1) is 5.41 Å². The van der Waals surface area contributed by atoms with Gasteiger partial charge in [-0.05, 0) is 54.6 Å². The summed E-state index contributed by atoms with van der Waals surface area (Å²) < 4.78 is 0. The number of pyridine rings is 1. The minimum absolute atomic E-state index is 0.140. The van der Waals surface area contributed by atoms with E-state index >= 15 is 0 Å². The Kier molecular flexibility index (Phi) is 5.96. The minimum Gasteiger partial charge on any atom is -0.359 e. The van der Waals surface area contributed by atoms with Crippen molar-refractivity contribution in [2.45, 2.75) is 26.3 Å². The number of hydrogen-bond donors (Lipinski definition) is 1. The highest BCUT2D eigenvalue weighted by atomic mass is 16.2. The van der Waals surface area contributed by atoms with Crippen molar-refractivity contribution >= 4 is 5.91 Å². The summed E-state index contributed by atoms with van der Waals surface area (Å²) in [4.78, 5) is 19.6. The Morgan fingerprint density at radius 3 is 2.63 bits per heavy atom. The molecule has 1 fully saturated rings. The Balaban J connectivity index is 1.54. The van der Waals surface area contributed by atoms with Crippen molar-refractivity contribution < 1.29 is 4.79 Å². The van der Waals surface area contributed by atoms with Crippen LogP contribution in [0.1, 0.15) is 23.1 Å². The molecule has 0 aliphatic carbocycles. The summed E-state index contributed by atoms with van der Waals surface area (Å²) in [6, 6.07) is 21.2. The summed E-state index contributed by atoms with van der Waals surface area (Å²) >= 11 is 0. The molecule has 1 aliphatic rings. The standard InChI is InChI=1S/C26H29N3O/c1-20-6-3-8-22(14-20)18-29-13-11-26(19-29,25(30)27-2)16-21-7-4-9-23(15-21)24-10-5-12-28-17-24/h3-10,12,14-15,17H,11,13,16,18-19H2,1-2H3,(H,27,30). The molecule has 1 aliphatic heterocycles. The lowest BCUT2D eigenvalue weighted by molar-refractivity contribution is -0.130. The monoisotopic (exact) mass is 399 g/mol. The normalized spacial score (nSPS) is 19.0. The van der Waals surface area contributed by atoms with E-state index < -0.39 is 5.41 Å². The molecule has 0 saturated carbocycles. The molecule has 1 aromatic heterocycles. The number of aromatic nitrogens is 1. The third kappa shape index (κ3) is 4.44. The smallest absolute Gasteiger partial charge is 0.227 e. The quantitative estimate of drug-likeness (QED) is 0.674. The molecule has 4 nitrogen and oxygen atoms in total. The van der Waals surface area contributed by atoms with Gasteiger partial charge >= 0.3 is 0 Å². The largest absolute Gasteiger partial charge is 0.359 e. The zero-order valence-electron chi connectivity index (χ0n) is 17.8. The van der Waals surface area contributed by atoms with E-state index in [2.05, 4.69) is 76.7 Å². The van der Waals surface area contributed by atoms with E-state index in [9.17, 15) is 4.79 Å². The molecule has 1 amide bonds. The maximum Gasteiger partial charge on any atom is 0.227 e. The van der Waals surface area contributed by atoms with Gasteiger partial charge in [0.1, 0.15) is 0 Å². The molecule has 0 radical (unpaired) electrons. The number of carbonyl (C=O) groups is 1. The van der Waals surface area contributed by atoms with Crippen LogP contribution in [0.4, 0.5) is 0 Å². The van der Waals surface area contributed by atoms with Crippen molar-refractivity contribution in [2.75, 3.05) is 20.1 Å². The molecule has 4 rings (SSSR count). The molecule has 30 heavy (non-hydrogen) atoms. The minimum atomic E-state index is -0.397. The highest BCUT2D eigenvalue weighted by Gasteiger charge is 2.44. The first-order valence-electron chi connectivity index (χ1n) is 10.6. The van der Waals surface area contributed by atoms with Gasteiger partial charge in [-0.2, -0.15) is 0 Å². The number of aryl methyl sites for hydroxylation is 1. The van der Waals surface area contributed by atoms with Crippen molar-refractivity contribution in [1.82, 2.24) is 15.2 Å². The SMILES string of the molecule is CNC(=O)C1(Cc2cccc(-c3cccnc3)c2)CCN(Cc2cccc(C)c2)C1. The number of hydrogen-bond acceptors (Lipinski definition) is 3. The average Bonchev–Trinajstić information content (AvgIpc) is 3.17. The van der Waals surface area contributed by atoms with Crippen LogP contribution in [0.5, 0.6) is 0 Å². The van der Waals surface area contributed by atoms with Gasteiger partial charge < -0.3 is 5.32 Å². The van der Waals surface area contributed by atoms with Crippen LogP contribution >= 0.6 is 0 Å². The lowest BCUT2D eigenvalue weighted by atomic mass is 9.79. The van der Waals surface area contributed by atoms with E-state index in [1.807, 2.05) is 12.3 Å². The summed E-state index contributed by atoms with van der Waals surface area (Å²) in [6.07, 6.45) is 5.28. The fourth-order valence-electron chi connectivity index (χ4n) is 4.62. The van der Waals surface area contributed by atoms with Crippen LogP contribution in [0.25, 0.3) is 11.1 Å².